The summed E-state index contributed by atoms with van der Waals surface area (Å²) in [5.41, 5.74) is 6.20. The number of rotatable bonds is 4. The molecule has 0 spiro atoms. The molecule has 4 rings (SSSR count). The van der Waals surface area contributed by atoms with Crippen LogP contribution in [-0.2, 0) is 19.7 Å². The molecule has 0 bridgehead atoms. The van der Waals surface area contributed by atoms with Gasteiger partial charge in [-0.15, -0.1) is 0 Å². The van der Waals surface area contributed by atoms with Crippen LogP contribution in [0.1, 0.15) is 10.4 Å². The van der Waals surface area contributed by atoms with Crippen molar-refractivity contribution in [2.24, 2.45) is 0 Å². The lowest BCUT2D eigenvalue weighted by Crippen LogP contribution is -2.16. The molecule has 1 heterocycles. The standard InChI is InChI=1S/C22H18N2O7S2/c1-32(27,28)20-15(23)9-7-13-17(11-5-3-4-6-12(11)22(25)26)14-8-10-16(24)21(33(2,29)30)19(14)31-18(13)20/h3-10,23H,24H2,1-2H3,(H,25,26). The van der Waals surface area contributed by atoms with E-state index in [-0.39, 0.29) is 54.9 Å². The van der Waals surface area contributed by atoms with Gasteiger partial charge in [0.1, 0.15) is 9.79 Å². The molecule has 2 aromatic rings. The third-order valence-corrected chi connectivity index (χ3v) is 7.48. The van der Waals surface area contributed by atoms with Crippen molar-refractivity contribution in [1.29, 1.82) is 5.41 Å². The van der Waals surface area contributed by atoms with Crippen molar-refractivity contribution < 1.29 is 31.2 Å². The van der Waals surface area contributed by atoms with Gasteiger partial charge in [-0.1, -0.05) is 18.2 Å². The zero-order valence-electron chi connectivity index (χ0n) is 17.4. The van der Waals surface area contributed by atoms with Crippen LogP contribution < -0.4 is 11.1 Å². The fraction of sp³-hybridized carbons (Fsp3) is 0.0909. The lowest BCUT2D eigenvalue weighted by molar-refractivity contribution is 0.0697. The van der Waals surface area contributed by atoms with Crippen LogP contribution in [0.5, 0.6) is 0 Å². The van der Waals surface area contributed by atoms with Crippen molar-refractivity contribution in [3.63, 3.8) is 0 Å². The van der Waals surface area contributed by atoms with Crippen LogP contribution in [-0.4, -0.2) is 40.4 Å². The number of benzene rings is 3. The molecular formula is C22H18N2O7S2. The average molecular weight is 487 g/mol. The molecule has 9 nitrogen and oxygen atoms in total. The summed E-state index contributed by atoms with van der Waals surface area (Å²) < 4.78 is 56.2. The molecule has 4 N–H and O–H groups in total. The van der Waals surface area contributed by atoms with E-state index in [9.17, 15) is 26.7 Å². The van der Waals surface area contributed by atoms with Crippen molar-refractivity contribution in [2.75, 3.05) is 18.2 Å². The Morgan fingerprint density at radius 1 is 0.909 bits per heavy atom. The number of carboxylic acids is 1. The number of nitrogens with one attached hydrogen (secondary N) is 1. The third-order valence-electron chi connectivity index (χ3n) is 5.17. The quantitative estimate of drug-likeness (QED) is 0.292. The van der Waals surface area contributed by atoms with Crippen LogP contribution in [0.3, 0.4) is 0 Å². The summed E-state index contributed by atoms with van der Waals surface area (Å²) in [6.45, 7) is 0. The number of fused-ring (bicyclic) bond motifs is 2. The first-order valence-electron chi connectivity index (χ1n) is 9.41. The van der Waals surface area contributed by atoms with Gasteiger partial charge in [0.2, 0.25) is 0 Å². The number of nitrogen functional groups attached to an aromatic ring is 1. The van der Waals surface area contributed by atoms with Gasteiger partial charge in [-0.25, -0.2) is 21.6 Å². The molecule has 0 amide bonds. The third kappa shape index (κ3) is 3.64. The Kier molecular flexibility index (Phi) is 5.06. The first-order valence-corrected chi connectivity index (χ1v) is 13.2. The van der Waals surface area contributed by atoms with E-state index in [1.807, 2.05) is 0 Å². The van der Waals surface area contributed by atoms with E-state index in [1.54, 1.807) is 6.07 Å². The second kappa shape index (κ2) is 7.42. The molecule has 11 heteroatoms. The maximum absolute atomic E-state index is 12.6. The molecule has 1 aliphatic carbocycles. The Morgan fingerprint density at radius 2 is 1.55 bits per heavy atom. The van der Waals surface area contributed by atoms with Crippen molar-refractivity contribution >= 4 is 42.3 Å². The highest BCUT2D eigenvalue weighted by Crippen LogP contribution is 2.45. The van der Waals surface area contributed by atoms with Gasteiger partial charge in [-0.3, -0.25) is 5.41 Å². The smallest absolute Gasteiger partial charge is 0.336 e. The van der Waals surface area contributed by atoms with Crippen LogP contribution in [0.4, 0.5) is 5.69 Å². The highest BCUT2D eigenvalue weighted by atomic mass is 32.2. The van der Waals surface area contributed by atoms with Gasteiger partial charge in [0.05, 0.1) is 16.6 Å². The molecule has 0 unspecified atom stereocenters. The normalized spacial score (nSPS) is 12.3. The fourth-order valence-electron chi connectivity index (χ4n) is 3.91. The summed E-state index contributed by atoms with van der Waals surface area (Å²) in [6.07, 6.45) is 1.84. The number of hydrogen-bond donors (Lipinski definition) is 3. The summed E-state index contributed by atoms with van der Waals surface area (Å²) in [4.78, 5) is 11.2. The summed E-state index contributed by atoms with van der Waals surface area (Å²) in [6, 6.07) is 11.6. The second-order valence-corrected chi connectivity index (χ2v) is 11.5. The first kappa shape index (κ1) is 22.5. The summed E-state index contributed by atoms with van der Waals surface area (Å²) in [5.74, 6) is -1.49. The number of nitrogens with two attached hydrogens (primary N) is 1. The van der Waals surface area contributed by atoms with Crippen molar-refractivity contribution in [3.8, 4) is 22.5 Å². The number of sulfone groups is 2. The Balaban J connectivity index is 2.40. The Morgan fingerprint density at radius 3 is 2.15 bits per heavy atom. The molecule has 0 fully saturated rings. The average Bonchev–Trinajstić information content (AvgIpc) is 2.69. The lowest BCUT2D eigenvalue weighted by Gasteiger charge is -2.20. The van der Waals surface area contributed by atoms with Crippen LogP contribution >= 0.6 is 0 Å². The lowest BCUT2D eigenvalue weighted by atomic mass is 9.90. The number of anilines is 1. The molecule has 0 saturated carbocycles. The van der Waals surface area contributed by atoms with E-state index in [4.69, 9.17) is 15.6 Å². The summed E-state index contributed by atoms with van der Waals surface area (Å²) in [7, 11) is -7.93. The Labute approximate surface area is 188 Å². The topological polar surface area (TPSA) is 169 Å². The maximum atomic E-state index is 12.6. The van der Waals surface area contributed by atoms with E-state index in [2.05, 4.69) is 0 Å². The highest BCUT2D eigenvalue weighted by Gasteiger charge is 2.30. The molecular weight excluding hydrogens is 468 g/mol. The Hall–Kier alpha value is -3.70. The van der Waals surface area contributed by atoms with Gasteiger partial charge in [0, 0.05) is 29.0 Å². The largest absolute Gasteiger partial charge is 0.478 e. The van der Waals surface area contributed by atoms with Crippen LogP contribution in [0.15, 0.2) is 62.7 Å². The van der Waals surface area contributed by atoms with Gasteiger partial charge >= 0.3 is 5.97 Å². The molecule has 2 aromatic carbocycles. The van der Waals surface area contributed by atoms with E-state index < -0.39 is 30.5 Å². The SMILES string of the molecule is CS(=O)(=O)c1c2oc3c(S(C)(=O)=O)c(N)ccc3c(-c3ccccc3C(=O)O)c-2ccc1=N. The zero-order chi connectivity index (χ0) is 24.3. The number of carboxylic acid groups (broad SMARTS) is 1. The molecule has 33 heavy (non-hydrogen) atoms. The monoisotopic (exact) mass is 486 g/mol. The van der Waals surface area contributed by atoms with E-state index in [0.29, 0.717) is 0 Å². The van der Waals surface area contributed by atoms with Gasteiger partial charge in [-0.2, -0.15) is 0 Å². The predicted octanol–water partition coefficient (Wildman–Crippen LogP) is 2.77. The van der Waals surface area contributed by atoms with Crippen molar-refractivity contribution in [3.05, 3.63) is 59.5 Å². The van der Waals surface area contributed by atoms with Crippen LogP contribution in [0, 0.1) is 5.41 Å². The maximum Gasteiger partial charge on any atom is 0.336 e. The molecule has 0 radical (unpaired) electrons. The van der Waals surface area contributed by atoms with Crippen LogP contribution in [0.2, 0.25) is 0 Å². The van der Waals surface area contributed by atoms with Crippen molar-refractivity contribution in [1.82, 2.24) is 0 Å². The molecule has 1 aliphatic heterocycles. The molecule has 0 aromatic heterocycles. The van der Waals surface area contributed by atoms with E-state index in [1.165, 1.54) is 42.5 Å². The highest BCUT2D eigenvalue weighted by molar-refractivity contribution is 7.91. The minimum absolute atomic E-state index is 0.0834. The van der Waals surface area contributed by atoms with E-state index in [0.717, 1.165) is 12.5 Å². The van der Waals surface area contributed by atoms with Gasteiger partial charge in [0.25, 0.3) is 0 Å². The summed E-state index contributed by atoms with van der Waals surface area (Å²) >= 11 is 0. The number of aromatic carboxylic acids is 1. The number of carbonyl (C=O) groups is 1. The minimum Gasteiger partial charge on any atom is -0.478 e. The minimum atomic E-state index is -3.99. The summed E-state index contributed by atoms with van der Waals surface area (Å²) in [5, 5.41) is 17.8. The molecule has 2 aliphatic rings. The fourth-order valence-corrected chi connectivity index (χ4v) is 5.85. The molecule has 170 valence electrons. The predicted molar refractivity (Wildman–Crippen MR) is 122 cm³/mol. The Bertz CT molecular complexity index is 1720. The molecule has 0 saturated heterocycles. The molecule has 0 atom stereocenters. The van der Waals surface area contributed by atoms with Gasteiger partial charge < -0.3 is 15.3 Å². The first-order chi connectivity index (χ1) is 15.3. The number of hydrogen-bond acceptors (Lipinski definition) is 8. The van der Waals surface area contributed by atoms with Crippen LogP contribution in [0.25, 0.3) is 33.4 Å². The van der Waals surface area contributed by atoms with E-state index >= 15 is 0 Å². The second-order valence-electron chi connectivity index (χ2n) is 7.55. The van der Waals surface area contributed by atoms with Crippen molar-refractivity contribution in [2.45, 2.75) is 9.79 Å². The zero-order valence-corrected chi connectivity index (χ0v) is 19.0. The van der Waals surface area contributed by atoms with Gasteiger partial charge in [0.15, 0.2) is 31.0 Å². The van der Waals surface area contributed by atoms with Gasteiger partial charge in [-0.05, 0) is 35.9 Å².